The van der Waals surface area contributed by atoms with Crippen LogP contribution >= 0.6 is 8.37 Å². The number of carboxylic acids is 1. The number of nitrogens with one attached hydrogen (secondary N) is 1. The minimum Gasteiger partial charge on any atom is -0.481 e. The highest BCUT2D eigenvalue weighted by molar-refractivity contribution is 7.25. The van der Waals surface area contributed by atoms with Crippen LogP contribution in [-0.4, -0.2) is 17.2 Å². The summed E-state index contributed by atoms with van der Waals surface area (Å²) in [6, 6.07) is 0. The summed E-state index contributed by atoms with van der Waals surface area (Å²) in [5.41, 5.74) is 0. The Labute approximate surface area is 74.9 Å². The van der Waals surface area contributed by atoms with Gasteiger partial charge < -0.3 is 5.11 Å². The second kappa shape index (κ2) is 8.66. The maximum atomic E-state index is 10.1. The van der Waals surface area contributed by atoms with Crippen LogP contribution in [-0.2, 0) is 4.79 Å². The van der Waals surface area contributed by atoms with Crippen molar-refractivity contribution in [2.75, 3.05) is 6.16 Å². The molecule has 0 aliphatic heterocycles. The molecule has 4 heteroatoms. The molecule has 0 rings (SSSR count). The standard InChI is InChI=1S/C8H16NO2P/c9-12-7-5-3-1-2-4-6-8(10)11/h9H,1-7H2,(H,10,11). The number of carboxylic acid groups (broad SMARTS) is 1. The van der Waals surface area contributed by atoms with E-state index >= 15 is 0 Å². The van der Waals surface area contributed by atoms with Crippen molar-refractivity contribution in [2.45, 2.75) is 38.5 Å². The highest BCUT2D eigenvalue weighted by atomic mass is 31.1. The third kappa shape index (κ3) is 9.57. The first-order valence-corrected chi connectivity index (χ1v) is 5.40. The number of carbonyl (C=O) groups is 1. The lowest BCUT2D eigenvalue weighted by atomic mass is 10.1. The fourth-order valence-electron chi connectivity index (χ4n) is 0.997. The van der Waals surface area contributed by atoms with Crippen molar-refractivity contribution in [3.63, 3.8) is 0 Å². The van der Waals surface area contributed by atoms with Crippen LogP contribution in [0.4, 0.5) is 0 Å². The molecule has 12 heavy (non-hydrogen) atoms. The molecule has 0 saturated heterocycles. The number of hydrogen-bond acceptors (Lipinski definition) is 2. The largest absolute Gasteiger partial charge is 0.481 e. The number of rotatable bonds is 8. The Hall–Kier alpha value is -0.430. The van der Waals surface area contributed by atoms with E-state index in [2.05, 4.69) is 0 Å². The first-order valence-electron chi connectivity index (χ1n) is 4.32. The maximum absolute atomic E-state index is 10.1. The Kier molecular flexibility index (Phi) is 8.35. The molecule has 0 spiro atoms. The molecule has 0 aromatic rings. The number of unbranched alkanes of at least 4 members (excludes halogenated alkanes) is 4. The lowest BCUT2D eigenvalue weighted by molar-refractivity contribution is -0.137. The Morgan fingerprint density at radius 3 is 2.33 bits per heavy atom. The Morgan fingerprint density at radius 2 is 1.75 bits per heavy atom. The van der Waals surface area contributed by atoms with Gasteiger partial charge in [0.15, 0.2) is 0 Å². The summed E-state index contributed by atoms with van der Waals surface area (Å²) in [7, 11) is 0.724. The van der Waals surface area contributed by atoms with E-state index in [1.807, 2.05) is 0 Å². The maximum Gasteiger partial charge on any atom is 0.303 e. The summed E-state index contributed by atoms with van der Waals surface area (Å²) in [5.74, 6) is -0.695. The van der Waals surface area contributed by atoms with Crippen molar-refractivity contribution in [3.05, 3.63) is 0 Å². The normalized spacial score (nSPS) is 10.3. The van der Waals surface area contributed by atoms with Gasteiger partial charge in [-0.25, -0.2) is 0 Å². The summed E-state index contributed by atoms with van der Waals surface area (Å²) >= 11 is 0. The van der Waals surface area contributed by atoms with Gasteiger partial charge in [0.05, 0.1) is 0 Å². The molecule has 0 saturated carbocycles. The first-order chi connectivity index (χ1) is 5.77. The molecule has 0 heterocycles. The van der Waals surface area contributed by atoms with E-state index in [0.29, 0.717) is 6.42 Å². The molecule has 3 nitrogen and oxygen atoms in total. The van der Waals surface area contributed by atoms with Crippen LogP contribution in [0.15, 0.2) is 0 Å². The van der Waals surface area contributed by atoms with Gasteiger partial charge in [0.2, 0.25) is 0 Å². The molecular weight excluding hydrogens is 173 g/mol. The number of hydrogen-bond donors (Lipinski definition) is 2. The lowest BCUT2D eigenvalue weighted by Gasteiger charge is -1.96. The van der Waals surface area contributed by atoms with Gasteiger partial charge in [0.25, 0.3) is 0 Å². The van der Waals surface area contributed by atoms with Crippen molar-refractivity contribution in [3.8, 4) is 0 Å². The molecule has 0 fully saturated rings. The van der Waals surface area contributed by atoms with Gasteiger partial charge in [-0.15, -0.1) is 0 Å². The van der Waals surface area contributed by atoms with E-state index in [0.717, 1.165) is 46.6 Å². The highest BCUT2D eigenvalue weighted by Crippen LogP contribution is 2.07. The van der Waals surface area contributed by atoms with E-state index < -0.39 is 5.97 Å². The first kappa shape index (κ1) is 11.6. The summed E-state index contributed by atoms with van der Waals surface area (Å²) in [5, 5.41) is 15.2. The zero-order valence-corrected chi connectivity index (χ0v) is 8.15. The average molecular weight is 189 g/mol. The SMILES string of the molecule is N=PCCCCCCCC(=O)O. The molecule has 0 aliphatic carbocycles. The van der Waals surface area contributed by atoms with Gasteiger partial charge >= 0.3 is 5.97 Å². The minimum absolute atomic E-state index is 0.302. The van der Waals surface area contributed by atoms with E-state index in [1.165, 1.54) is 0 Å². The number of aliphatic carboxylic acids is 1. The summed E-state index contributed by atoms with van der Waals surface area (Å²) in [4.78, 5) is 10.1. The topological polar surface area (TPSA) is 61.2 Å². The summed E-state index contributed by atoms with van der Waals surface area (Å²) < 4.78 is 0. The zero-order valence-electron chi connectivity index (χ0n) is 7.25. The second-order valence-electron chi connectivity index (χ2n) is 2.79. The molecule has 2 N–H and O–H groups in total. The van der Waals surface area contributed by atoms with Crippen LogP contribution in [0, 0.1) is 5.16 Å². The van der Waals surface area contributed by atoms with Crippen LogP contribution < -0.4 is 0 Å². The van der Waals surface area contributed by atoms with Crippen LogP contribution in [0.3, 0.4) is 0 Å². The van der Waals surface area contributed by atoms with E-state index in [1.54, 1.807) is 0 Å². The predicted octanol–water partition coefficient (Wildman–Crippen LogP) is 3.12. The molecule has 0 aromatic carbocycles. The van der Waals surface area contributed by atoms with Crippen molar-refractivity contribution in [2.24, 2.45) is 0 Å². The highest BCUT2D eigenvalue weighted by Gasteiger charge is 1.95. The third-order valence-corrected chi connectivity index (χ3v) is 2.20. The minimum atomic E-state index is -0.695. The predicted molar refractivity (Wildman–Crippen MR) is 49.8 cm³/mol. The van der Waals surface area contributed by atoms with Crippen molar-refractivity contribution in [1.82, 2.24) is 0 Å². The Morgan fingerprint density at radius 1 is 1.17 bits per heavy atom. The zero-order chi connectivity index (χ0) is 9.23. The fraction of sp³-hybridized carbons (Fsp3) is 0.875. The van der Waals surface area contributed by atoms with Crippen LogP contribution in [0.5, 0.6) is 0 Å². The van der Waals surface area contributed by atoms with E-state index in [4.69, 9.17) is 10.3 Å². The molecule has 0 atom stereocenters. The summed E-state index contributed by atoms with van der Waals surface area (Å²) in [6.07, 6.45) is 6.44. The molecule has 0 aromatic heterocycles. The van der Waals surface area contributed by atoms with Gasteiger partial charge in [-0.1, -0.05) is 19.3 Å². The smallest absolute Gasteiger partial charge is 0.303 e. The molecule has 0 radical (unpaired) electrons. The molecule has 0 aliphatic rings. The Bertz CT molecular complexity index is 139. The summed E-state index contributed by atoms with van der Waals surface area (Å²) in [6.45, 7) is 0. The van der Waals surface area contributed by atoms with Crippen molar-refractivity contribution in [1.29, 1.82) is 5.16 Å². The van der Waals surface area contributed by atoms with Crippen LogP contribution in [0.2, 0.25) is 0 Å². The third-order valence-electron chi connectivity index (χ3n) is 1.66. The van der Waals surface area contributed by atoms with Crippen molar-refractivity contribution < 1.29 is 9.90 Å². The van der Waals surface area contributed by atoms with Gasteiger partial charge in [-0.05, 0) is 21.2 Å². The second-order valence-corrected chi connectivity index (χ2v) is 3.56. The van der Waals surface area contributed by atoms with E-state index in [9.17, 15) is 4.79 Å². The molecule has 0 amide bonds. The van der Waals surface area contributed by atoms with Crippen molar-refractivity contribution >= 4 is 14.3 Å². The quantitative estimate of drug-likeness (QED) is 0.455. The van der Waals surface area contributed by atoms with Gasteiger partial charge in [-0.2, -0.15) is 0 Å². The Balaban J connectivity index is 2.90. The fourth-order valence-corrected chi connectivity index (χ4v) is 1.38. The molecule has 70 valence electrons. The van der Waals surface area contributed by atoms with Gasteiger partial charge in [-0.3, -0.25) is 9.96 Å². The van der Waals surface area contributed by atoms with Gasteiger partial charge in [0.1, 0.15) is 0 Å². The van der Waals surface area contributed by atoms with E-state index in [-0.39, 0.29) is 0 Å². The molecular formula is C8H16NO2P. The monoisotopic (exact) mass is 189 g/mol. The average Bonchev–Trinajstić information content (AvgIpc) is 2.02. The molecule has 0 unspecified atom stereocenters. The van der Waals surface area contributed by atoms with Crippen LogP contribution in [0.25, 0.3) is 0 Å². The van der Waals surface area contributed by atoms with Crippen LogP contribution in [0.1, 0.15) is 38.5 Å². The van der Waals surface area contributed by atoms with Gasteiger partial charge in [0, 0.05) is 12.6 Å². The molecule has 0 bridgehead atoms. The lowest BCUT2D eigenvalue weighted by Crippen LogP contribution is -1.93.